The van der Waals surface area contributed by atoms with Crippen LogP contribution in [-0.2, 0) is 0 Å². The molecule has 0 radical (unpaired) electrons. The average Bonchev–Trinajstić information content (AvgIpc) is 3.30. The molecule has 3 heterocycles. The number of piperazine rings is 1. The number of carbonyl (C=O) groups is 1. The van der Waals surface area contributed by atoms with Gasteiger partial charge in [-0.2, -0.15) is 0 Å². The average molecular weight is 372 g/mol. The highest BCUT2D eigenvalue weighted by Gasteiger charge is 2.24. The molecule has 2 aromatic heterocycles. The summed E-state index contributed by atoms with van der Waals surface area (Å²) in [7, 11) is 0. The van der Waals surface area contributed by atoms with Gasteiger partial charge in [0.2, 0.25) is 0 Å². The van der Waals surface area contributed by atoms with Crippen LogP contribution in [0, 0.1) is 0 Å². The smallest absolute Gasteiger partial charge is 0.264 e. The molecule has 0 unspecified atom stereocenters. The van der Waals surface area contributed by atoms with Crippen LogP contribution in [0.2, 0.25) is 0 Å². The highest BCUT2D eigenvalue weighted by Crippen LogP contribution is 2.33. The van der Waals surface area contributed by atoms with Crippen LogP contribution in [0.15, 0.2) is 35.7 Å². The molecular weight excluding hydrogens is 350 g/mol. The first kappa shape index (κ1) is 16.5. The monoisotopic (exact) mass is 371 g/mol. The second-order valence-corrected chi connectivity index (χ2v) is 8.56. The van der Waals surface area contributed by atoms with Crippen LogP contribution >= 0.6 is 22.7 Å². The Balaban J connectivity index is 1.50. The van der Waals surface area contributed by atoms with Gasteiger partial charge in [-0.1, -0.05) is 43.4 Å². The number of hydrogen-bond acceptors (Lipinski definition) is 5. The second kappa shape index (κ2) is 6.77. The molecular formula is C19H21N3OS2. The quantitative estimate of drug-likeness (QED) is 0.683. The standard InChI is InChI=1S/C19H21N3OS2/c1-13(2)14-5-3-6-15-17(14)20-19(25-15)22-10-8-21(9-11-22)18(23)16-7-4-12-24-16/h3-7,12-13H,8-11H2,1-2H3. The summed E-state index contributed by atoms with van der Waals surface area (Å²) in [6, 6.07) is 10.3. The minimum atomic E-state index is 0.154. The van der Waals surface area contributed by atoms with Gasteiger partial charge < -0.3 is 9.80 Å². The minimum Gasteiger partial charge on any atom is -0.345 e. The summed E-state index contributed by atoms with van der Waals surface area (Å²) >= 11 is 3.27. The van der Waals surface area contributed by atoms with E-state index >= 15 is 0 Å². The maximum Gasteiger partial charge on any atom is 0.264 e. The number of anilines is 1. The maximum atomic E-state index is 12.5. The molecule has 130 valence electrons. The number of nitrogens with zero attached hydrogens (tertiary/aromatic N) is 3. The molecule has 0 spiro atoms. The Morgan fingerprint density at radius 3 is 2.60 bits per heavy atom. The van der Waals surface area contributed by atoms with Crippen LogP contribution in [0.4, 0.5) is 5.13 Å². The first-order valence-corrected chi connectivity index (χ1v) is 10.3. The highest BCUT2D eigenvalue weighted by molar-refractivity contribution is 7.22. The second-order valence-electron chi connectivity index (χ2n) is 6.60. The minimum absolute atomic E-state index is 0.154. The number of aromatic nitrogens is 1. The van der Waals surface area contributed by atoms with Crippen molar-refractivity contribution in [3.63, 3.8) is 0 Å². The van der Waals surface area contributed by atoms with Crippen LogP contribution in [0.5, 0.6) is 0 Å². The number of hydrogen-bond donors (Lipinski definition) is 0. The Labute approximate surface area is 155 Å². The Morgan fingerprint density at radius 2 is 1.92 bits per heavy atom. The number of benzene rings is 1. The lowest BCUT2D eigenvalue weighted by atomic mass is 10.0. The van der Waals surface area contributed by atoms with E-state index in [0.29, 0.717) is 5.92 Å². The van der Waals surface area contributed by atoms with E-state index < -0.39 is 0 Å². The van der Waals surface area contributed by atoms with Crippen LogP contribution in [0.1, 0.15) is 35.0 Å². The zero-order chi connectivity index (χ0) is 17.4. The normalized spacial score (nSPS) is 15.3. The van der Waals surface area contributed by atoms with Crippen molar-refractivity contribution in [3.8, 4) is 0 Å². The van der Waals surface area contributed by atoms with Gasteiger partial charge in [0.05, 0.1) is 15.1 Å². The summed E-state index contributed by atoms with van der Waals surface area (Å²) in [5, 5.41) is 3.03. The summed E-state index contributed by atoms with van der Waals surface area (Å²) in [5.41, 5.74) is 2.45. The molecule has 1 amide bonds. The van der Waals surface area contributed by atoms with E-state index in [-0.39, 0.29) is 5.91 Å². The summed E-state index contributed by atoms with van der Waals surface area (Å²) in [5.74, 6) is 0.625. The topological polar surface area (TPSA) is 36.4 Å². The lowest BCUT2D eigenvalue weighted by Crippen LogP contribution is -2.48. The predicted molar refractivity (Wildman–Crippen MR) is 106 cm³/mol. The van der Waals surface area contributed by atoms with E-state index in [1.165, 1.54) is 21.6 Å². The van der Waals surface area contributed by atoms with Crippen molar-refractivity contribution in [2.24, 2.45) is 0 Å². The number of thiazole rings is 1. The lowest BCUT2D eigenvalue weighted by Gasteiger charge is -2.34. The molecule has 0 bridgehead atoms. The molecule has 4 rings (SSSR count). The Kier molecular flexibility index (Phi) is 4.48. The van der Waals surface area contributed by atoms with Gasteiger partial charge >= 0.3 is 0 Å². The molecule has 0 atom stereocenters. The van der Waals surface area contributed by atoms with Gasteiger partial charge in [0.15, 0.2) is 5.13 Å². The van der Waals surface area contributed by atoms with Crippen LogP contribution in [0.3, 0.4) is 0 Å². The van der Waals surface area contributed by atoms with Crippen LogP contribution in [0.25, 0.3) is 10.2 Å². The maximum absolute atomic E-state index is 12.5. The Morgan fingerprint density at radius 1 is 1.12 bits per heavy atom. The Bertz CT molecular complexity index is 877. The third-order valence-corrected chi connectivity index (χ3v) is 6.57. The fraction of sp³-hybridized carbons (Fsp3) is 0.368. The number of rotatable bonds is 3. The molecule has 0 N–H and O–H groups in total. The van der Waals surface area contributed by atoms with Gasteiger partial charge in [-0.05, 0) is 29.0 Å². The van der Waals surface area contributed by atoms with Crippen molar-refractivity contribution in [2.75, 3.05) is 31.1 Å². The molecule has 1 aliphatic rings. The van der Waals surface area contributed by atoms with Crippen molar-refractivity contribution in [2.45, 2.75) is 19.8 Å². The largest absolute Gasteiger partial charge is 0.345 e. The first-order valence-electron chi connectivity index (χ1n) is 8.60. The number of fused-ring (bicyclic) bond motifs is 1. The third-order valence-electron chi connectivity index (χ3n) is 4.63. The van der Waals surface area contributed by atoms with Crippen LogP contribution < -0.4 is 4.90 Å². The van der Waals surface area contributed by atoms with Gasteiger partial charge in [0, 0.05) is 26.2 Å². The van der Waals surface area contributed by atoms with E-state index in [2.05, 4.69) is 36.9 Å². The predicted octanol–water partition coefficient (Wildman–Crippen LogP) is 4.44. The summed E-state index contributed by atoms with van der Waals surface area (Å²) < 4.78 is 1.25. The molecule has 6 heteroatoms. The van der Waals surface area contributed by atoms with Gasteiger partial charge in [-0.3, -0.25) is 4.79 Å². The van der Waals surface area contributed by atoms with E-state index in [1.807, 2.05) is 22.4 Å². The number of para-hydroxylation sites is 1. The molecule has 1 aliphatic heterocycles. The van der Waals surface area contributed by atoms with E-state index in [1.54, 1.807) is 11.3 Å². The van der Waals surface area contributed by atoms with Crippen molar-refractivity contribution < 1.29 is 4.79 Å². The molecule has 1 aromatic carbocycles. The third kappa shape index (κ3) is 3.16. The zero-order valence-corrected chi connectivity index (χ0v) is 16.1. The first-order chi connectivity index (χ1) is 12.1. The molecule has 0 saturated carbocycles. The fourth-order valence-corrected chi connectivity index (χ4v) is 4.96. The fourth-order valence-electron chi connectivity index (χ4n) is 3.22. The van der Waals surface area contributed by atoms with Crippen molar-refractivity contribution >= 4 is 43.9 Å². The van der Waals surface area contributed by atoms with Crippen molar-refractivity contribution in [1.82, 2.24) is 9.88 Å². The van der Waals surface area contributed by atoms with Gasteiger partial charge in [-0.15, -0.1) is 11.3 Å². The molecule has 4 nitrogen and oxygen atoms in total. The van der Waals surface area contributed by atoms with Crippen LogP contribution in [-0.4, -0.2) is 42.0 Å². The van der Waals surface area contributed by atoms with Gasteiger partial charge in [0.25, 0.3) is 5.91 Å². The van der Waals surface area contributed by atoms with E-state index in [0.717, 1.165) is 41.7 Å². The van der Waals surface area contributed by atoms with Gasteiger partial charge in [-0.25, -0.2) is 4.98 Å². The number of thiophene rings is 1. The zero-order valence-electron chi connectivity index (χ0n) is 14.4. The number of amides is 1. The SMILES string of the molecule is CC(C)c1cccc2sc(N3CCN(C(=O)c4cccs4)CC3)nc12. The highest BCUT2D eigenvalue weighted by atomic mass is 32.1. The molecule has 1 fully saturated rings. The van der Waals surface area contributed by atoms with E-state index in [4.69, 9.17) is 4.98 Å². The molecule has 0 aliphatic carbocycles. The molecule has 1 saturated heterocycles. The molecule has 25 heavy (non-hydrogen) atoms. The van der Waals surface area contributed by atoms with Crippen molar-refractivity contribution in [3.05, 3.63) is 46.2 Å². The summed E-state index contributed by atoms with van der Waals surface area (Å²) in [6.07, 6.45) is 0. The lowest BCUT2D eigenvalue weighted by molar-refractivity contribution is 0.0751. The summed E-state index contributed by atoms with van der Waals surface area (Å²) in [6.45, 7) is 7.61. The Hall–Kier alpha value is -1.92. The summed E-state index contributed by atoms with van der Waals surface area (Å²) in [4.78, 5) is 22.5. The number of carbonyl (C=O) groups excluding carboxylic acids is 1. The van der Waals surface area contributed by atoms with Gasteiger partial charge in [0.1, 0.15) is 0 Å². The van der Waals surface area contributed by atoms with Crippen molar-refractivity contribution in [1.29, 1.82) is 0 Å². The van der Waals surface area contributed by atoms with E-state index in [9.17, 15) is 4.79 Å². The molecule has 3 aromatic rings.